The minimum atomic E-state index is -0.237. The highest BCUT2D eigenvalue weighted by Crippen LogP contribution is 2.21. The molecule has 1 rings (SSSR count). The van der Waals surface area contributed by atoms with E-state index in [0.29, 0.717) is 6.04 Å². The molecule has 13 heavy (non-hydrogen) atoms. The van der Waals surface area contributed by atoms with Gasteiger partial charge in [-0.15, -0.1) is 0 Å². The molecular formula is C10H20N2O. The highest BCUT2D eigenvalue weighted by Gasteiger charge is 2.26. The van der Waals surface area contributed by atoms with Crippen molar-refractivity contribution in [1.82, 2.24) is 4.90 Å². The average molecular weight is 184 g/mol. The van der Waals surface area contributed by atoms with Gasteiger partial charge in [0.1, 0.15) is 0 Å². The molecule has 1 aliphatic heterocycles. The summed E-state index contributed by atoms with van der Waals surface area (Å²) in [6.45, 7) is 3.06. The lowest BCUT2D eigenvalue weighted by Crippen LogP contribution is -2.39. The third kappa shape index (κ3) is 2.90. The third-order valence-electron chi connectivity index (χ3n) is 2.80. The molecule has 1 heterocycles. The van der Waals surface area contributed by atoms with Gasteiger partial charge in [-0.3, -0.25) is 0 Å². The van der Waals surface area contributed by atoms with Crippen molar-refractivity contribution in [2.24, 2.45) is 5.73 Å². The Morgan fingerprint density at radius 3 is 2.92 bits per heavy atom. The van der Waals surface area contributed by atoms with Crippen molar-refractivity contribution in [3.8, 4) is 0 Å². The second-order valence-corrected chi connectivity index (χ2v) is 3.82. The van der Waals surface area contributed by atoms with Gasteiger partial charge in [0, 0.05) is 12.6 Å². The molecule has 0 aromatic rings. The molecule has 1 unspecified atom stereocenters. The van der Waals surface area contributed by atoms with Crippen LogP contribution >= 0.6 is 0 Å². The summed E-state index contributed by atoms with van der Waals surface area (Å²) in [7, 11) is 0. The van der Waals surface area contributed by atoms with Crippen LogP contribution in [-0.2, 0) is 0 Å². The minimum absolute atomic E-state index is 0.237. The Balaban J connectivity index is 2.27. The van der Waals surface area contributed by atoms with Crippen LogP contribution in [0.25, 0.3) is 0 Å². The van der Waals surface area contributed by atoms with Gasteiger partial charge in [-0.25, -0.2) is 4.79 Å². The molecule has 2 N–H and O–H groups in total. The minimum Gasteiger partial charge on any atom is -0.351 e. The quantitative estimate of drug-likeness (QED) is 0.668. The van der Waals surface area contributed by atoms with E-state index in [1.165, 1.54) is 19.3 Å². The van der Waals surface area contributed by atoms with E-state index < -0.39 is 0 Å². The maximum atomic E-state index is 11.0. The predicted molar refractivity (Wildman–Crippen MR) is 53.5 cm³/mol. The van der Waals surface area contributed by atoms with Crippen molar-refractivity contribution in [3.63, 3.8) is 0 Å². The van der Waals surface area contributed by atoms with Gasteiger partial charge in [0.15, 0.2) is 0 Å². The Kier molecular flexibility index (Phi) is 4.06. The maximum Gasteiger partial charge on any atom is 0.315 e. The van der Waals surface area contributed by atoms with E-state index in [-0.39, 0.29) is 6.03 Å². The molecule has 1 saturated heterocycles. The molecule has 0 aromatic heterocycles. The van der Waals surface area contributed by atoms with Crippen molar-refractivity contribution in [2.75, 3.05) is 6.54 Å². The van der Waals surface area contributed by atoms with Crippen LogP contribution in [0.3, 0.4) is 0 Å². The standard InChI is InChI=1S/C10H20N2O/c1-2-3-4-6-9-7-5-8-12(9)10(11)13/h9H,2-8H2,1H3,(H2,11,13). The molecule has 0 radical (unpaired) electrons. The van der Waals surface area contributed by atoms with Gasteiger partial charge in [-0.1, -0.05) is 26.2 Å². The van der Waals surface area contributed by atoms with E-state index in [9.17, 15) is 4.79 Å². The lowest BCUT2D eigenvalue weighted by molar-refractivity contribution is 0.199. The molecule has 76 valence electrons. The molecule has 0 saturated carbocycles. The smallest absolute Gasteiger partial charge is 0.315 e. The Hall–Kier alpha value is -0.730. The molecule has 0 aliphatic carbocycles. The van der Waals surface area contributed by atoms with Crippen molar-refractivity contribution in [3.05, 3.63) is 0 Å². The lowest BCUT2D eigenvalue weighted by atomic mass is 10.1. The fourth-order valence-electron chi connectivity index (χ4n) is 2.06. The van der Waals surface area contributed by atoms with Gasteiger partial charge in [0.2, 0.25) is 0 Å². The summed E-state index contributed by atoms with van der Waals surface area (Å²) in [6.07, 6.45) is 7.14. The zero-order valence-electron chi connectivity index (χ0n) is 8.46. The first-order valence-corrected chi connectivity index (χ1v) is 5.31. The van der Waals surface area contributed by atoms with E-state index in [4.69, 9.17) is 5.73 Å². The van der Waals surface area contributed by atoms with Crippen molar-refractivity contribution >= 4 is 6.03 Å². The molecule has 0 aromatic carbocycles. The molecule has 3 heteroatoms. The largest absolute Gasteiger partial charge is 0.351 e. The second-order valence-electron chi connectivity index (χ2n) is 3.82. The van der Waals surface area contributed by atoms with Crippen LogP contribution in [0, 0.1) is 0 Å². The van der Waals surface area contributed by atoms with Crippen LogP contribution in [0.1, 0.15) is 45.4 Å². The van der Waals surface area contributed by atoms with E-state index in [1.807, 2.05) is 4.90 Å². The van der Waals surface area contributed by atoms with Crippen LogP contribution in [-0.4, -0.2) is 23.5 Å². The highest BCUT2D eigenvalue weighted by molar-refractivity contribution is 5.72. The molecule has 2 amide bonds. The van der Waals surface area contributed by atoms with Crippen molar-refractivity contribution < 1.29 is 4.79 Å². The van der Waals surface area contributed by atoms with Crippen molar-refractivity contribution in [1.29, 1.82) is 0 Å². The summed E-state index contributed by atoms with van der Waals surface area (Å²) in [5.74, 6) is 0. The number of carbonyl (C=O) groups is 1. The van der Waals surface area contributed by atoms with E-state index in [1.54, 1.807) is 0 Å². The summed E-state index contributed by atoms with van der Waals surface area (Å²) in [4.78, 5) is 12.8. The third-order valence-corrected chi connectivity index (χ3v) is 2.80. The Labute approximate surface area is 80.3 Å². The van der Waals surface area contributed by atoms with Gasteiger partial charge in [-0.2, -0.15) is 0 Å². The molecular weight excluding hydrogens is 164 g/mol. The van der Waals surface area contributed by atoms with Gasteiger partial charge in [0.05, 0.1) is 0 Å². The number of hydrogen-bond acceptors (Lipinski definition) is 1. The van der Waals surface area contributed by atoms with Gasteiger partial charge in [0.25, 0.3) is 0 Å². The molecule has 1 atom stereocenters. The van der Waals surface area contributed by atoms with Gasteiger partial charge in [-0.05, 0) is 19.3 Å². The first-order chi connectivity index (χ1) is 6.25. The number of carbonyl (C=O) groups excluding carboxylic acids is 1. The molecule has 0 spiro atoms. The fourth-order valence-corrected chi connectivity index (χ4v) is 2.06. The number of urea groups is 1. The molecule has 1 aliphatic rings. The van der Waals surface area contributed by atoms with E-state index in [0.717, 1.165) is 25.8 Å². The molecule has 0 bridgehead atoms. The summed E-state index contributed by atoms with van der Waals surface area (Å²) in [5.41, 5.74) is 5.28. The summed E-state index contributed by atoms with van der Waals surface area (Å²) in [5, 5.41) is 0. The first-order valence-electron chi connectivity index (χ1n) is 5.31. The molecule has 1 fully saturated rings. The highest BCUT2D eigenvalue weighted by atomic mass is 16.2. The number of primary amides is 1. The molecule has 3 nitrogen and oxygen atoms in total. The summed E-state index contributed by atoms with van der Waals surface area (Å²) in [6, 6.07) is 0.197. The lowest BCUT2D eigenvalue weighted by Gasteiger charge is -2.22. The monoisotopic (exact) mass is 184 g/mol. The van der Waals surface area contributed by atoms with Gasteiger partial charge >= 0.3 is 6.03 Å². The first kappa shape index (κ1) is 10.4. The SMILES string of the molecule is CCCCCC1CCCN1C(N)=O. The number of amides is 2. The van der Waals surface area contributed by atoms with Crippen molar-refractivity contribution in [2.45, 2.75) is 51.5 Å². The maximum absolute atomic E-state index is 11.0. The van der Waals surface area contributed by atoms with E-state index in [2.05, 4.69) is 6.92 Å². The number of likely N-dealkylation sites (tertiary alicyclic amines) is 1. The van der Waals surface area contributed by atoms with Crippen LogP contribution in [0.15, 0.2) is 0 Å². The predicted octanol–water partition coefficient (Wildman–Crippen LogP) is 2.11. The van der Waals surface area contributed by atoms with Crippen LogP contribution in [0.2, 0.25) is 0 Å². The summed E-state index contributed by atoms with van der Waals surface area (Å²) >= 11 is 0. The number of unbranched alkanes of at least 4 members (excludes halogenated alkanes) is 2. The fraction of sp³-hybridized carbons (Fsp3) is 0.900. The number of rotatable bonds is 4. The Morgan fingerprint density at radius 1 is 1.54 bits per heavy atom. The second kappa shape index (κ2) is 5.10. The Bertz CT molecular complexity index is 170. The van der Waals surface area contributed by atoms with Crippen LogP contribution < -0.4 is 5.73 Å². The van der Waals surface area contributed by atoms with E-state index >= 15 is 0 Å². The Morgan fingerprint density at radius 2 is 2.31 bits per heavy atom. The summed E-state index contributed by atoms with van der Waals surface area (Å²) < 4.78 is 0. The van der Waals surface area contributed by atoms with Crippen LogP contribution in [0.5, 0.6) is 0 Å². The number of nitrogens with zero attached hydrogens (tertiary/aromatic N) is 1. The normalized spacial score (nSPS) is 22.2. The zero-order valence-corrected chi connectivity index (χ0v) is 8.46. The number of hydrogen-bond donors (Lipinski definition) is 1. The topological polar surface area (TPSA) is 46.3 Å². The zero-order chi connectivity index (χ0) is 9.68. The van der Waals surface area contributed by atoms with Gasteiger partial charge < -0.3 is 10.6 Å². The number of nitrogens with two attached hydrogens (primary N) is 1. The van der Waals surface area contributed by atoms with Crippen LogP contribution in [0.4, 0.5) is 4.79 Å². The average Bonchev–Trinajstić information content (AvgIpc) is 2.53.